The van der Waals surface area contributed by atoms with Gasteiger partial charge in [-0.2, -0.15) is 0 Å². The zero-order chi connectivity index (χ0) is 57.9. The fourth-order valence-electron chi connectivity index (χ4n) is 13.6. The molecule has 4 amide bonds. The summed E-state index contributed by atoms with van der Waals surface area (Å²) in [6.07, 6.45) is 3.95. The molecule has 0 aromatic heterocycles. The van der Waals surface area contributed by atoms with Crippen LogP contribution < -0.4 is 21.3 Å². The average molecular weight is 1080 g/mol. The third kappa shape index (κ3) is 17.5. The van der Waals surface area contributed by atoms with Crippen molar-refractivity contribution in [2.45, 2.75) is 258 Å². The van der Waals surface area contributed by atoms with Crippen LogP contribution in [0.25, 0.3) is 0 Å². The summed E-state index contributed by atoms with van der Waals surface area (Å²) < 4.78 is 0. The van der Waals surface area contributed by atoms with Crippen LogP contribution in [0.5, 0.6) is 0 Å². The van der Waals surface area contributed by atoms with Gasteiger partial charge >= 0.3 is 23.9 Å². The minimum absolute atomic E-state index is 0.0439. The number of hydrogen-bond acceptors (Lipinski definition) is 18. The molecule has 22 nitrogen and oxygen atoms in total. The van der Waals surface area contributed by atoms with Gasteiger partial charge in [0.15, 0.2) is 0 Å². The second kappa shape index (κ2) is 23.9. The molecule has 4 rings (SSSR count). The minimum Gasteiger partial charge on any atom is -0.366 e. The van der Waals surface area contributed by atoms with Crippen molar-refractivity contribution in [3.63, 3.8) is 0 Å². The Morgan fingerprint density at radius 2 is 0.474 bits per heavy atom. The highest BCUT2D eigenvalue weighted by Crippen LogP contribution is 2.42. The van der Waals surface area contributed by atoms with Gasteiger partial charge in [-0.25, -0.2) is 19.2 Å². The molecule has 4 aliphatic rings. The summed E-state index contributed by atoms with van der Waals surface area (Å²) >= 11 is 0. The van der Waals surface area contributed by atoms with Crippen molar-refractivity contribution in [3.8, 4) is 0 Å². The molecule has 22 heteroatoms. The zero-order valence-electron chi connectivity index (χ0n) is 49.8. The molecular formula is C54H96N10O12. The van der Waals surface area contributed by atoms with Crippen molar-refractivity contribution in [2.24, 2.45) is 0 Å². The number of carbonyl (C=O) groups excluding carboxylic acids is 8. The number of amides is 4. The first-order valence-corrected chi connectivity index (χ1v) is 27.0. The van der Waals surface area contributed by atoms with Gasteiger partial charge in [-0.15, -0.1) is 20.3 Å². The van der Waals surface area contributed by atoms with E-state index in [0.29, 0.717) is 51.4 Å². The number of nitrogens with one attached hydrogen (secondary N) is 4. The SMILES string of the molecule is CC(=O)NC1CC(C)(C)N(OC(=O)CN(CCN(CC(=O)ON2C(C)(C)CC(NC(C)=O)CC2(C)C)CC(=O)ON2C(C)(C)CC(NC(C)=O)CC2(C)C)CC(=O)ON2C(C)(C)CC(NC(C)=O)CC2(C)C)C(C)(C)C1. The van der Waals surface area contributed by atoms with E-state index in [1.165, 1.54) is 27.7 Å². The lowest BCUT2D eigenvalue weighted by Gasteiger charge is -2.53. The Bertz CT molecular complexity index is 1790. The van der Waals surface area contributed by atoms with Crippen molar-refractivity contribution in [3.05, 3.63) is 0 Å². The Kier molecular flexibility index (Phi) is 20.1. The van der Waals surface area contributed by atoms with Crippen LogP contribution in [0.4, 0.5) is 0 Å². The van der Waals surface area contributed by atoms with Gasteiger partial charge in [0.1, 0.15) is 0 Å². The number of piperidine rings is 4. The Morgan fingerprint density at radius 3 is 0.605 bits per heavy atom. The Morgan fingerprint density at radius 1 is 0.329 bits per heavy atom. The van der Waals surface area contributed by atoms with Gasteiger partial charge in [0.05, 0.1) is 70.5 Å². The fourth-order valence-corrected chi connectivity index (χ4v) is 13.6. The number of hydroxylamine groups is 8. The molecule has 4 aliphatic heterocycles. The standard InChI is InChI=1S/C54H96N10O12/c1-35(65)55-39-23-47(5,6)61(48(7,8)24-39)73-43(69)31-59(32-44(70)74-62-49(9,10)25-40(56-36(2)66)26-50(62,11)12)21-22-60(33-45(71)75-63-51(13,14)27-41(57-37(3)67)28-52(63,15)16)34-46(72)76-64-53(17,18)29-42(58-38(4)68)30-54(64,19)20/h39-42H,21-34H2,1-20H3,(H,55,65)(H,56,66)(H,57,67)(H,58,68). The van der Waals surface area contributed by atoms with Crippen LogP contribution in [-0.2, 0) is 57.7 Å². The topological polar surface area (TPSA) is 241 Å². The normalized spacial score (nSPS) is 23.7. The highest BCUT2D eigenvalue weighted by molar-refractivity contribution is 5.77. The Labute approximate surface area is 452 Å². The second-order valence-corrected chi connectivity index (χ2v) is 27.2. The molecule has 4 N–H and O–H groups in total. The van der Waals surface area contributed by atoms with E-state index in [9.17, 15) is 38.4 Å². The van der Waals surface area contributed by atoms with Crippen molar-refractivity contribution in [2.75, 3.05) is 39.3 Å². The first kappa shape index (κ1) is 64.0. The van der Waals surface area contributed by atoms with Gasteiger partial charge in [-0.3, -0.25) is 29.0 Å². The van der Waals surface area contributed by atoms with Gasteiger partial charge < -0.3 is 40.6 Å². The molecule has 4 saturated heterocycles. The molecule has 4 heterocycles. The third-order valence-corrected chi connectivity index (χ3v) is 14.9. The largest absolute Gasteiger partial charge is 0.366 e. The van der Waals surface area contributed by atoms with Gasteiger partial charge in [0.2, 0.25) is 23.6 Å². The first-order chi connectivity index (χ1) is 34.4. The molecular weight excluding hydrogens is 981 g/mol. The van der Waals surface area contributed by atoms with E-state index >= 15 is 0 Å². The Hall–Kier alpha value is -4.48. The van der Waals surface area contributed by atoms with E-state index in [0.717, 1.165) is 0 Å². The lowest BCUT2D eigenvalue weighted by molar-refractivity contribution is -0.272. The molecule has 0 aromatic carbocycles. The smallest absolute Gasteiger partial charge is 0.339 e. The van der Waals surface area contributed by atoms with Crippen molar-refractivity contribution in [1.29, 1.82) is 0 Å². The summed E-state index contributed by atoms with van der Waals surface area (Å²) in [5.41, 5.74) is -5.69. The molecule has 434 valence electrons. The maximum atomic E-state index is 14.3. The van der Waals surface area contributed by atoms with Crippen LogP contribution >= 0.6 is 0 Å². The van der Waals surface area contributed by atoms with Crippen LogP contribution in [0.1, 0.15) is 190 Å². The molecule has 0 saturated carbocycles. The highest BCUT2D eigenvalue weighted by Gasteiger charge is 2.52. The van der Waals surface area contributed by atoms with Crippen LogP contribution in [0.15, 0.2) is 0 Å². The van der Waals surface area contributed by atoms with Crippen LogP contribution in [0.2, 0.25) is 0 Å². The fraction of sp³-hybridized carbons (Fsp3) is 0.852. The zero-order valence-corrected chi connectivity index (χ0v) is 49.8. The van der Waals surface area contributed by atoms with E-state index < -0.39 is 94.4 Å². The van der Waals surface area contributed by atoms with Crippen LogP contribution in [-0.4, -0.2) is 185 Å². The van der Waals surface area contributed by atoms with Gasteiger partial charge in [-0.1, -0.05) is 0 Å². The maximum Gasteiger partial charge on any atom is 0.339 e. The van der Waals surface area contributed by atoms with Crippen molar-refractivity contribution < 1.29 is 57.7 Å². The van der Waals surface area contributed by atoms with Gasteiger partial charge in [-0.05, 0) is 162 Å². The lowest BCUT2D eigenvalue weighted by Crippen LogP contribution is -2.65. The van der Waals surface area contributed by atoms with Gasteiger partial charge in [0.25, 0.3) is 0 Å². The summed E-state index contributed by atoms with van der Waals surface area (Å²) in [4.78, 5) is 134. The van der Waals surface area contributed by atoms with E-state index in [1.54, 1.807) is 30.1 Å². The number of rotatable bonds is 19. The number of carbonyl (C=O) groups is 8. The Balaban J connectivity index is 1.67. The summed E-state index contributed by atoms with van der Waals surface area (Å²) in [5.74, 6) is -3.32. The molecule has 0 unspecified atom stereocenters. The number of nitrogens with zero attached hydrogens (tertiary/aromatic N) is 6. The molecule has 76 heavy (non-hydrogen) atoms. The summed E-state index contributed by atoms with van der Waals surface area (Å²) in [5, 5.41) is 18.7. The molecule has 0 bridgehead atoms. The maximum absolute atomic E-state index is 14.3. The third-order valence-electron chi connectivity index (χ3n) is 14.9. The molecule has 0 aromatic rings. The molecule has 0 radical (unpaired) electrons. The van der Waals surface area contributed by atoms with E-state index in [-0.39, 0.29) is 60.9 Å². The molecule has 0 atom stereocenters. The van der Waals surface area contributed by atoms with Gasteiger partial charge in [0, 0.05) is 65.0 Å². The molecule has 4 fully saturated rings. The quantitative estimate of drug-likeness (QED) is 0.143. The number of hydrogen-bond donors (Lipinski definition) is 4. The van der Waals surface area contributed by atoms with Crippen LogP contribution in [0.3, 0.4) is 0 Å². The molecule has 0 aliphatic carbocycles. The van der Waals surface area contributed by atoms with Crippen molar-refractivity contribution in [1.82, 2.24) is 51.3 Å². The van der Waals surface area contributed by atoms with Crippen LogP contribution in [0, 0.1) is 0 Å². The van der Waals surface area contributed by atoms with Crippen molar-refractivity contribution >= 4 is 47.5 Å². The second-order valence-electron chi connectivity index (χ2n) is 27.2. The van der Waals surface area contributed by atoms with E-state index in [4.69, 9.17) is 19.4 Å². The predicted octanol–water partition coefficient (Wildman–Crippen LogP) is 4.05. The lowest BCUT2D eigenvalue weighted by atomic mass is 9.79. The average Bonchev–Trinajstić information content (AvgIpc) is 3.17. The summed E-state index contributed by atoms with van der Waals surface area (Å²) in [7, 11) is 0. The minimum atomic E-state index is -0.711. The highest BCUT2D eigenvalue weighted by atomic mass is 16.7. The molecule has 0 spiro atoms. The van der Waals surface area contributed by atoms with E-state index in [2.05, 4.69) is 21.3 Å². The monoisotopic (exact) mass is 1080 g/mol. The van der Waals surface area contributed by atoms with E-state index in [1.807, 2.05) is 111 Å². The summed E-state index contributed by atoms with van der Waals surface area (Å²) in [6.45, 7) is 35.1. The first-order valence-electron chi connectivity index (χ1n) is 27.0. The summed E-state index contributed by atoms with van der Waals surface area (Å²) in [6, 6.07) is -0.647. The predicted molar refractivity (Wildman–Crippen MR) is 285 cm³/mol.